The third kappa shape index (κ3) is 4.03. The van der Waals surface area contributed by atoms with E-state index in [1.165, 1.54) is 19.1 Å². The van der Waals surface area contributed by atoms with Crippen molar-refractivity contribution in [2.24, 2.45) is 0 Å². The zero-order valence-corrected chi connectivity index (χ0v) is 9.97. The van der Waals surface area contributed by atoms with E-state index in [0.717, 1.165) is 0 Å². The lowest BCUT2D eigenvalue weighted by Crippen LogP contribution is -2.34. The van der Waals surface area contributed by atoms with Crippen LogP contribution in [0.3, 0.4) is 0 Å². The van der Waals surface area contributed by atoms with E-state index >= 15 is 0 Å². The van der Waals surface area contributed by atoms with Crippen LogP contribution >= 0.6 is 11.6 Å². The summed E-state index contributed by atoms with van der Waals surface area (Å²) in [6.45, 7) is 1.53. The maximum Gasteiger partial charge on any atom is 0.325 e. The molecule has 0 heterocycles. The molecule has 0 saturated heterocycles. The largest absolute Gasteiger partial charge is 0.325 e. The first-order valence-electron chi connectivity index (χ1n) is 4.96. The Balaban J connectivity index is 2.62. The van der Waals surface area contributed by atoms with Gasteiger partial charge >= 0.3 is 6.03 Å². The summed E-state index contributed by atoms with van der Waals surface area (Å²) < 4.78 is 13.2. The van der Waals surface area contributed by atoms with Gasteiger partial charge in [-0.25, -0.2) is 9.18 Å². The number of nitrogens with one attached hydrogen (secondary N) is 2. The minimum absolute atomic E-state index is 0.0527. The van der Waals surface area contributed by atoms with Crippen molar-refractivity contribution in [1.82, 2.24) is 5.32 Å². The molecular formula is C11H12ClFN2O2. The van der Waals surface area contributed by atoms with Gasteiger partial charge in [0.2, 0.25) is 5.91 Å². The van der Waals surface area contributed by atoms with E-state index in [4.69, 9.17) is 11.6 Å². The molecule has 0 bridgehead atoms. The summed E-state index contributed by atoms with van der Waals surface area (Å²) in [6.07, 6.45) is 0.0527. The van der Waals surface area contributed by atoms with Crippen LogP contribution in [-0.2, 0) is 4.79 Å². The SMILES string of the molecule is Cc1c(F)cccc1NC(=O)NC(=O)CCCl. The van der Waals surface area contributed by atoms with E-state index in [-0.39, 0.29) is 12.3 Å². The van der Waals surface area contributed by atoms with E-state index in [1.54, 1.807) is 6.07 Å². The zero-order valence-electron chi connectivity index (χ0n) is 9.22. The van der Waals surface area contributed by atoms with Gasteiger partial charge in [0.05, 0.1) is 0 Å². The molecule has 0 unspecified atom stereocenters. The molecule has 1 aromatic rings. The number of hydrogen-bond donors (Lipinski definition) is 2. The number of alkyl halides is 1. The number of rotatable bonds is 3. The van der Waals surface area contributed by atoms with Crippen molar-refractivity contribution in [1.29, 1.82) is 0 Å². The Bertz CT molecular complexity index is 437. The van der Waals surface area contributed by atoms with Crippen molar-refractivity contribution in [2.75, 3.05) is 11.2 Å². The molecule has 6 heteroatoms. The average Bonchev–Trinajstić information content (AvgIpc) is 2.25. The maximum absolute atomic E-state index is 13.2. The summed E-state index contributed by atoms with van der Waals surface area (Å²) >= 11 is 5.34. The van der Waals surface area contributed by atoms with Crippen molar-refractivity contribution in [3.8, 4) is 0 Å². The molecule has 0 spiro atoms. The third-order valence-corrected chi connectivity index (χ3v) is 2.28. The van der Waals surface area contributed by atoms with Gasteiger partial charge in [0.1, 0.15) is 5.82 Å². The van der Waals surface area contributed by atoms with E-state index in [2.05, 4.69) is 10.6 Å². The van der Waals surface area contributed by atoms with Crippen LogP contribution in [0.5, 0.6) is 0 Å². The molecule has 0 aliphatic rings. The fourth-order valence-corrected chi connectivity index (χ4v) is 1.34. The van der Waals surface area contributed by atoms with Crippen molar-refractivity contribution >= 4 is 29.2 Å². The average molecular weight is 259 g/mol. The Morgan fingerprint density at radius 1 is 1.41 bits per heavy atom. The Kier molecular flexibility index (Phi) is 4.90. The van der Waals surface area contributed by atoms with Crippen LogP contribution in [0.1, 0.15) is 12.0 Å². The molecule has 0 fully saturated rings. The van der Waals surface area contributed by atoms with Crippen molar-refractivity contribution < 1.29 is 14.0 Å². The topological polar surface area (TPSA) is 58.2 Å². The fraction of sp³-hybridized carbons (Fsp3) is 0.273. The number of amides is 3. The molecule has 92 valence electrons. The molecule has 0 saturated carbocycles. The minimum Gasteiger partial charge on any atom is -0.307 e. The molecule has 17 heavy (non-hydrogen) atoms. The molecule has 0 atom stereocenters. The zero-order chi connectivity index (χ0) is 12.8. The van der Waals surface area contributed by atoms with E-state index in [1.807, 2.05) is 0 Å². The molecule has 0 aliphatic carbocycles. The Morgan fingerprint density at radius 3 is 2.76 bits per heavy atom. The van der Waals surface area contributed by atoms with Crippen molar-refractivity contribution in [2.45, 2.75) is 13.3 Å². The van der Waals surface area contributed by atoms with Gasteiger partial charge in [0.25, 0.3) is 0 Å². The summed E-state index contributed by atoms with van der Waals surface area (Å²) in [7, 11) is 0. The molecule has 0 radical (unpaired) electrons. The molecule has 1 rings (SSSR count). The lowest BCUT2D eigenvalue weighted by Gasteiger charge is -2.09. The van der Waals surface area contributed by atoms with Gasteiger partial charge in [-0.2, -0.15) is 0 Å². The van der Waals surface area contributed by atoms with E-state index in [0.29, 0.717) is 11.3 Å². The number of carbonyl (C=O) groups is 2. The normalized spacial score (nSPS) is 9.82. The lowest BCUT2D eigenvalue weighted by atomic mass is 10.2. The highest BCUT2D eigenvalue weighted by Crippen LogP contribution is 2.16. The molecule has 4 nitrogen and oxygen atoms in total. The molecule has 3 amide bonds. The van der Waals surface area contributed by atoms with E-state index < -0.39 is 17.8 Å². The van der Waals surface area contributed by atoms with Gasteiger partial charge in [0.15, 0.2) is 0 Å². The first kappa shape index (κ1) is 13.4. The van der Waals surface area contributed by atoms with Crippen molar-refractivity contribution in [3.05, 3.63) is 29.6 Å². The smallest absolute Gasteiger partial charge is 0.307 e. The van der Waals surface area contributed by atoms with Crippen molar-refractivity contribution in [3.63, 3.8) is 0 Å². The maximum atomic E-state index is 13.2. The minimum atomic E-state index is -0.700. The van der Waals surface area contributed by atoms with Gasteiger partial charge in [0, 0.05) is 23.6 Å². The quantitative estimate of drug-likeness (QED) is 0.818. The lowest BCUT2D eigenvalue weighted by molar-refractivity contribution is -0.119. The molecule has 0 aliphatic heterocycles. The first-order chi connectivity index (χ1) is 8.04. The van der Waals surface area contributed by atoms with Crippen LogP contribution in [-0.4, -0.2) is 17.8 Å². The summed E-state index contributed by atoms with van der Waals surface area (Å²) in [5.74, 6) is -0.764. The first-order valence-corrected chi connectivity index (χ1v) is 5.50. The van der Waals surface area contributed by atoms with Crippen LogP contribution < -0.4 is 10.6 Å². The fourth-order valence-electron chi connectivity index (χ4n) is 1.17. The Morgan fingerprint density at radius 2 is 2.12 bits per heavy atom. The highest BCUT2D eigenvalue weighted by molar-refractivity contribution is 6.19. The van der Waals surface area contributed by atoms with Gasteiger partial charge in [-0.15, -0.1) is 11.6 Å². The molecule has 1 aromatic carbocycles. The number of urea groups is 1. The summed E-state index contributed by atoms with van der Waals surface area (Å²) in [4.78, 5) is 22.4. The van der Waals surface area contributed by atoms with Gasteiger partial charge in [-0.05, 0) is 19.1 Å². The van der Waals surface area contributed by atoms with Crippen LogP contribution in [0.4, 0.5) is 14.9 Å². The number of hydrogen-bond acceptors (Lipinski definition) is 2. The predicted molar refractivity (Wildman–Crippen MR) is 63.6 cm³/mol. The highest BCUT2D eigenvalue weighted by atomic mass is 35.5. The number of benzene rings is 1. The summed E-state index contributed by atoms with van der Waals surface area (Å²) in [5.41, 5.74) is 0.633. The molecular weight excluding hydrogens is 247 g/mol. The number of anilines is 1. The third-order valence-electron chi connectivity index (χ3n) is 2.09. The van der Waals surface area contributed by atoms with Crippen LogP contribution in [0.15, 0.2) is 18.2 Å². The van der Waals surface area contributed by atoms with Gasteiger partial charge < -0.3 is 5.32 Å². The standard InChI is InChI=1S/C11H12ClFN2O2/c1-7-8(13)3-2-4-9(7)14-11(17)15-10(16)5-6-12/h2-4H,5-6H2,1H3,(H2,14,15,16,17). The number of halogens is 2. The second kappa shape index (κ2) is 6.20. The van der Waals surface area contributed by atoms with Gasteiger partial charge in [-0.1, -0.05) is 6.07 Å². The second-order valence-corrected chi connectivity index (χ2v) is 3.73. The number of imide groups is 1. The Hall–Kier alpha value is -1.62. The van der Waals surface area contributed by atoms with E-state index in [9.17, 15) is 14.0 Å². The summed E-state index contributed by atoms with van der Waals surface area (Å²) in [6, 6.07) is 3.61. The van der Waals surface area contributed by atoms with Crippen LogP contribution in [0.2, 0.25) is 0 Å². The Labute approximate surface area is 103 Å². The second-order valence-electron chi connectivity index (χ2n) is 3.35. The van der Waals surface area contributed by atoms with Gasteiger partial charge in [-0.3, -0.25) is 10.1 Å². The van der Waals surface area contributed by atoms with Crippen LogP contribution in [0, 0.1) is 12.7 Å². The monoisotopic (exact) mass is 258 g/mol. The highest BCUT2D eigenvalue weighted by Gasteiger charge is 2.09. The predicted octanol–water partition coefficient (Wildman–Crippen LogP) is 2.41. The number of carbonyl (C=O) groups excluding carboxylic acids is 2. The van der Waals surface area contributed by atoms with Crippen LogP contribution in [0.25, 0.3) is 0 Å². The molecule has 2 N–H and O–H groups in total. The molecule has 0 aromatic heterocycles. The summed E-state index contributed by atoms with van der Waals surface area (Å²) in [5, 5.41) is 4.47.